The first-order valence-electron chi connectivity index (χ1n) is 5.52. The van der Waals surface area contributed by atoms with Gasteiger partial charge in [0.05, 0.1) is 12.6 Å². The van der Waals surface area contributed by atoms with E-state index in [2.05, 4.69) is 11.5 Å². The van der Waals surface area contributed by atoms with Crippen LogP contribution in [-0.4, -0.2) is 13.2 Å². The third kappa shape index (κ3) is 2.38. The van der Waals surface area contributed by atoms with Crippen molar-refractivity contribution in [2.75, 3.05) is 13.2 Å². The Bertz CT molecular complexity index is 364. The van der Waals surface area contributed by atoms with E-state index in [0.717, 1.165) is 35.8 Å². The van der Waals surface area contributed by atoms with E-state index >= 15 is 0 Å². The lowest BCUT2D eigenvalue weighted by Gasteiger charge is -2.22. The van der Waals surface area contributed by atoms with E-state index < -0.39 is 0 Å². The minimum atomic E-state index is 0.126. The highest BCUT2D eigenvalue weighted by Gasteiger charge is 2.26. The van der Waals surface area contributed by atoms with Crippen LogP contribution in [0.4, 0.5) is 0 Å². The number of hydrazine groups is 1. The molecule has 3 nitrogen and oxygen atoms in total. The van der Waals surface area contributed by atoms with Gasteiger partial charge in [0.25, 0.3) is 0 Å². The molecule has 4 heteroatoms. The lowest BCUT2D eigenvalue weighted by molar-refractivity contribution is 0.177. The van der Waals surface area contributed by atoms with Crippen LogP contribution < -0.4 is 11.3 Å². The summed E-state index contributed by atoms with van der Waals surface area (Å²) < 4.78 is 5.39. The van der Waals surface area contributed by atoms with Crippen LogP contribution in [0.2, 0.25) is 5.02 Å². The first kappa shape index (κ1) is 11.9. The normalized spacial score (nSPS) is 22.3. The Balaban J connectivity index is 2.22. The maximum atomic E-state index is 6.12. The zero-order valence-electron chi connectivity index (χ0n) is 9.37. The van der Waals surface area contributed by atoms with Gasteiger partial charge in [-0.25, -0.2) is 0 Å². The van der Waals surface area contributed by atoms with Crippen molar-refractivity contribution in [3.8, 4) is 0 Å². The van der Waals surface area contributed by atoms with Crippen molar-refractivity contribution >= 4 is 11.6 Å². The molecular formula is C12H17ClN2O. The van der Waals surface area contributed by atoms with Crippen LogP contribution in [0.1, 0.15) is 23.6 Å². The Morgan fingerprint density at radius 3 is 2.94 bits per heavy atom. The van der Waals surface area contributed by atoms with Gasteiger partial charge < -0.3 is 4.74 Å². The van der Waals surface area contributed by atoms with Gasteiger partial charge in [-0.05, 0) is 30.5 Å². The number of hydrogen-bond acceptors (Lipinski definition) is 3. The fraction of sp³-hybridized carbons (Fsp3) is 0.500. The van der Waals surface area contributed by atoms with E-state index in [0.29, 0.717) is 5.92 Å². The summed E-state index contributed by atoms with van der Waals surface area (Å²) in [6.07, 6.45) is 1.04. The molecule has 2 atom stereocenters. The van der Waals surface area contributed by atoms with E-state index in [1.807, 2.05) is 19.1 Å². The summed E-state index contributed by atoms with van der Waals surface area (Å²) in [5, 5.41) is 0.789. The summed E-state index contributed by atoms with van der Waals surface area (Å²) in [6, 6.07) is 6.21. The van der Waals surface area contributed by atoms with Crippen molar-refractivity contribution in [1.29, 1.82) is 0 Å². The molecule has 1 saturated heterocycles. The molecule has 2 unspecified atom stereocenters. The predicted octanol–water partition coefficient (Wildman–Crippen LogP) is 2.19. The summed E-state index contributed by atoms with van der Waals surface area (Å²) >= 11 is 6.12. The van der Waals surface area contributed by atoms with Crippen LogP contribution in [0.15, 0.2) is 18.2 Å². The monoisotopic (exact) mass is 240 g/mol. The number of rotatable bonds is 3. The van der Waals surface area contributed by atoms with Gasteiger partial charge in [-0.1, -0.05) is 23.7 Å². The van der Waals surface area contributed by atoms with E-state index in [1.54, 1.807) is 0 Å². The van der Waals surface area contributed by atoms with Gasteiger partial charge in [0, 0.05) is 17.5 Å². The molecule has 88 valence electrons. The number of ether oxygens (including phenoxy) is 1. The van der Waals surface area contributed by atoms with Gasteiger partial charge in [-0.2, -0.15) is 0 Å². The van der Waals surface area contributed by atoms with E-state index in [-0.39, 0.29) is 6.04 Å². The highest BCUT2D eigenvalue weighted by molar-refractivity contribution is 6.31. The largest absolute Gasteiger partial charge is 0.381 e. The number of hydrogen-bond donors (Lipinski definition) is 2. The maximum absolute atomic E-state index is 6.12. The quantitative estimate of drug-likeness (QED) is 0.629. The number of aryl methyl sites for hydroxylation is 1. The zero-order chi connectivity index (χ0) is 11.5. The predicted molar refractivity (Wildman–Crippen MR) is 65.2 cm³/mol. The molecule has 0 amide bonds. The zero-order valence-corrected chi connectivity index (χ0v) is 10.1. The molecule has 2 rings (SSSR count). The summed E-state index contributed by atoms with van der Waals surface area (Å²) in [6.45, 7) is 3.58. The van der Waals surface area contributed by atoms with Crippen molar-refractivity contribution in [2.45, 2.75) is 19.4 Å². The number of benzene rings is 1. The van der Waals surface area contributed by atoms with E-state index in [4.69, 9.17) is 22.2 Å². The molecule has 0 aliphatic carbocycles. The first-order chi connectivity index (χ1) is 7.72. The molecule has 0 aromatic heterocycles. The highest BCUT2D eigenvalue weighted by atomic mass is 35.5. The number of halogens is 1. The van der Waals surface area contributed by atoms with Crippen LogP contribution in [0.25, 0.3) is 0 Å². The van der Waals surface area contributed by atoms with Crippen molar-refractivity contribution in [3.63, 3.8) is 0 Å². The maximum Gasteiger partial charge on any atom is 0.0513 e. The number of nitrogens with one attached hydrogen (secondary N) is 1. The second-order valence-electron chi connectivity index (χ2n) is 4.28. The minimum Gasteiger partial charge on any atom is -0.381 e. The second-order valence-corrected chi connectivity index (χ2v) is 4.68. The third-order valence-corrected chi connectivity index (χ3v) is 3.58. The van der Waals surface area contributed by atoms with E-state index in [1.165, 1.54) is 0 Å². The third-order valence-electron chi connectivity index (χ3n) is 3.17. The molecule has 1 aromatic carbocycles. The Kier molecular flexibility index (Phi) is 3.82. The van der Waals surface area contributed by atoms with Crippen molar-refractivity contribution in [2.24, 2.45) is 11.8 Å². The fourth-order valence-corrected chi connectivity index (χ4v) is 2.31. The Morgan fingerprint density at radius 2 is 2.38 bits per heavy atom. The molecule has 1 fully saturated rings. The minimum absolute atomic E-state index is 0.126. The van der Waals surface area contributed by atoms with Crippen LogP contribution in [0, 0.1) is 12.8 Å². The molecule has 1 heterocycles. The average Bonchev–Trinajstić information content (AvgIpc) is 2.78. The van der Waals surface area contributed by atoms with Gasteiger partial charge in [0.15, 0.2) is 0 Å². The van der Waals surface area contributed by atoms with Crippen molar-refractivity contribution < 1.29 is 4.74 Å². The van der Waals surface area contributed by atoms with Gasteiger partial charge >= 0.3 is 0 Å². The summed E-state index contributed by atoms with van der Waals surface area (Å²) in [5.74, 6) is 6.06. The molecule has 0 radical (unpaired) electrons. The van der Waals surface area contributed by atoms with Gasteiger partial charge in [-0.15, -0.1) is 0 Å². The second kappa shape index (κ2) is 5.15. The fourth-order valence-electron chi connectivity index (χ4n) is 2.12. The topological polar surface area (TPSA) is 47.3 Å². The summed E-state index contributed by atoms with van der Waals surface area (Å²) in [4.78, 5) is 0. The molecule has 1 aliphatic rings. The van der Waals surface area contributed by atoms with Crippen LogP contribution in [0.3, 0.4) is 0 Å². The molecule has 3 N–H and O–H groups in total. The van der Waals surface area contributed by atoms with Gasteiger partial charge in [0.2, 0.25) is 0 Å². The summed E-state index contributed by atoms with van der Waals surface area (Å²) in [5.41, 5.74) is 5.09. The highest BCUT2D eigenvalue weighted by Crippen LogP contribution is 2.30. The average molecular weight is 241 g/mol. The molecule has 1 aliphatic heterocycles. The lowest BCUT2D eigenvalue weighted by atomic mass is 9.92. The van der Waals surface area contributed by atoms with Crippen molar-refractivity contribution in [3.05, 3.63) is 34.3 Å². The van der Waals surface area contributed by atoms with E-state index in [9.17, 15) is 0 Å². The van der Waals surface area contributed by atoms with Crippen LogP contribution >= 0.6 is 11.6 Å². The number of nitrogens with two attached hydrogens (primary N) is 1. The Morgan fingerprint density at radius 1 is 1.56 bits per heavy atom. The van der Waals surface area contributed by atoms with Gasteiger partial charge in [-0.3, -0.25) is 11.3 Å². The smallest absolute Gasteiger partial charge is 0.0513 e. The summed E-state index contributed by atoms with van der Waals surface area (Å²) in [7, 11) is 0. The molecular weight excluding hydrogens is 224 g/mol. The molecule has 1 aromatic rings. The van der Waals surface area contributed by atoms with Crippen LogP contribution in [-0.2, 0) is 4.74 Å². The first-order valence-corrected chi connectivity index (χ1v) is 5.90. The SMILES string of the molecule is Cc1ccc(C(NN)C2CCOC2)cc1Cl. The molecule has 0 spiro atoms. The van der Waals surface area contributed by atoms with Crippen molar-refractivity contribution in [1.82, 2.24) is 5.43 Å². The van der Waals surface area contributed by atoms with Gasteiger partial charge in [0.1, 0.15) is 0 Å². The lowest BCUT2D eigenvalue weighted by Crippen LogP contribution is -2.33. The standard InChI is InChI=1S/C12H17ClN2O/c1-8-2-3-9(6-11(8)13)12(15-14)10-4-5-16-7-10/h2-3,6,10,12,15H,4-5,7,14H2,1H3. The molecule has 0 bridgehead atoms. The molecule has 16 heavy (non-hydrogen) atoms. The molecule has 0 saturated carbocycles. The Hall–Kier alpha value is -0.610. The Labute approximate surface area is 101 Å². The van der Waals surface area contributed by atoms with Crippen LogP contribution in [0.5, 0.6) is 0 Å².